The average Bonchev–Trinajstić information content (AvgIpc) is 2.65. The molecule has 0 saturated carbocycles. The first kappa shape index (κ1) is 17.9. The van der Waals surface area contributed by atoms with Crippen molar-refractivity contribution in [1.82, 2.24) is 0 Å². The lowest BCUT2D eigenvalue weighted by molar-refractivity contribution is -0.132. The average molecular weight is 372 g/mol. The molecule has 2 aromatic carbocycles. The molecule has 26 heavy (non-hydrogen) atoms. The van der Waals surface area contributed by atoms with Crippen molar-refractivity contribution < 1.29 is 27.9 Å². The van der Waals surface area contributed by atoms with E-state index in [1.807, 2.05) is 0 Å². The number of rotatable bonds is 4. The maximum atomic E-state index is 12.7. The summed E-state index contributed by atoms with van der Waals surface area (Å²) in [7, 11) is -4.38. The molecule has 7 heteroatoms. The van der Waals surface area contributed by atoms with Crippen LogP contribution in [0.4, 0.5) is 4.79 Å². The highest BCUT2D eigenvalue weighted by Crippen LogP contribution is 2.38. The van der Waals surface area contributed by atoms with E-state index in [0.29, 0.717) is 16.7 Å². The monoisotopic (exact) mass is 372 g/mol. The van der Waals surface area contributed by atoms with E-state index in [1.54, 1.807) is 54.6 Å². The molecule has 6 nitrogen and oxygen atoms in total. The van der Waals surface area contributed by atoms with Crippen LogP contribution in [0, 0.1) is 0 Å². The summed E-state index contributed by atoms with van der Waals surface area (Å²) >= 11 is 0. The largest absolute Gasteiger partial charge is 0.478 e. The van der Waals surface area contributed by atoms with Gasteiger partial charge in [-0.05, 0) is 22.8 Å². The Morgan fingerprint density at radius 1 is 1.04 bits per heavy atom. The maximum absolute atomic E-state index is 12.7. The van der Waals surface area contributed by atoms with Crippen LogP contribution in [0.25, 0.3) is 6.08 Å². The van der Waals surface area contributed by atoms with E-state index in [2.05, 4.69) is 0 Å². The summed E-state index contributed by atoms with van der Waals surface area (Å²) in [6.07, 6.45) is 1.15. The van der Waals surface area contributed by atoms with Crippen LogP contribution < -0.4 is 0 Å². The van der Waals surface area contributed by atoms with Crippen LogP contribution in [0.1, 0.15) is 28.4 Å². The van der Waals surface area contributed by atoms with E-state index in [1.165, 1.54) is 6.08 Å². The SMILES string of the molecule is O=C(O)C1=Cc2ccccc2C(S(=O)(=O)C(=O)OCc2ccccc2)C1. The topological polar surface area (TPSA) is 97.7 Å². The van der Waals surface area contributed by atoms with Crippen LogP contribution >= 0.6 is 0 Å². The fourth-order valence-corrected chi connectivity index (χ4v) is 4.24. The molecule has 1 atom stereocenters. The van der Waals surface area contributed by atoms with Crippen LogP contribution in [0.5, 0.6) is 0 Å². The molecule has 0 aromatic heterocycles. The number of carboxylic acids is 1. The van der Waals surface area contributed by atoms with Crippen LogP contribution in [0.2, 0.25) is 0 Å². The Morgan fingerprint density at radius 3 is 2.38 bits per heavy atom. The van der Waals surface area contributed by atoms with Gasteiger partial charge in [0.25, 0.3) is 9.84 Å². The van der Waals surface area contributed by atoms with Gasteiger partial charge in [-0.25, -0.2) is 18.0 Å². The van der Waals surface area contributed by atoms with Gasteiger partial charge in [0, 0.05) is 12.0 Å². The van der Waals surface area contributed by atoms with Gasteiger partial charge in [0.2, 0.25) is 0 Å². The highest BCUT2D eigenvalue weighted by Gasteiger charge is 2.40. The molecule has 1 N–H and O–H groups in total. The Morgan fingerprint density at radius 2 is 1.69 bits per heavy atom. The zero-order valence-electron chi connectivity index (χ0n) is 13.7. The van der Waals surface area contributed by atoms with E-state index >= 15 is 0 Å². The molecule has 0 spiro atoms. The lowest BCUT2D eigenvalue weighted by Crippen LogP contribution is -2.26. The molecule has 0 radical (unpaired) electrons. The molecule has 0 fully saturated rings. The van der Waals surface area contributed by atoms with Crippen molar-refractivity contribution in [2.24, 2.45) is 0 Å². The molecule has 1 unspecified atom stereocenters. The van der Waals surface area contributed by atoms with Gasteiger partial charge in [0.15, 0.2) is 0 Å². The van der Waals surface area contributed by atoms with Gasteiger partial charge in [0.1, 0.15) is 11.9 Å². The maximum Gasteiger partial charge on any atom is 0.425 e. The fraction of sp³-hybridized carbons (Fsp3) is 0.158. The van der Waals surface area contributed by atoms with Gasteiger partial charge in [-0.3, -0.25) is 0 Å². The standard InChI is InChI=1S/C19H16O6S/c20-18(21)15-10-14-8-4-5-9-16(14)17(11-15)26(23,24)19(22)25-12-13-6-2-1-3-7-13/h1-10,17H,11-12H2,(H,20,21). The van der Waals surface area contributed by atoms with Crippen molar-refractivity contribution in [2.75, 3.05) is 0 Å². The third-order valence-electron chi connectivity index (χ3n) is 4.16. The van der Waals surface area contributed by atoms with Crippen molar-refractivity contribution in [3.63, 3.8) is 0 Å². The number of benzene rings is 2. The lowest BCUT2D eigenvalue weighted by Gasteiger charge is -2.23. The number of hydrogen-bond donors (Lipinski definition) is 1. The van der Waals surface area contributed by atoms with Gasteiger partial charge in [0.05, 0.1) is 0 Å². The number of carboxylic acid groups (broad SMARTS) is 1. The second-order valence-electron chi connectivity index (χ2n) is 5.87. The van der Waals surface area contributed by atoms with Crippen molar-refractivity contribution in [1.29, 1.82) is 0 Å². The number of sulfone groups is 1. The number of carbonyl (C=O) groups excluding carboxylic acids is 1. The Labute approximate surface area is 150 Å². The Hall–Kier alpha value is -2.93. The van der Waals surface area contributed by atoms with Gasteiger partial charge in [-0.2, -0.15) is 0 Å². The first-order chi connectivity index (χ1) is 12.4. The number of carbonyl (C=O) groups is 2. The van der Waals surface area contributed by atoms with Crippen LogP contribution in [-0.2, 0) is 26.0 Å². The van der Waals surface area contributed by atoms with E-state index in [-0.39, 0.29) is 18.6 Å². The zero-order chi connectivity index (χ0) is 18.7. The smallest absolute Gasteiger partial charge is 0.425 e. The Kier molecular flexibility index (Phi) is 4.90. The summed E-state index contributed by atoms with van der Waals surface area (Å²) in [5.41, 5.74) is 1.47. The Balaban J connectivity index is 1.87. The summed E-state index contributed by atoms with van der Waals surface area (Å²) in [4.78, 5) is 23.6. The van der Waals surface area contributed by atoms with Crippen molar-refractivity contribution in [2.45, 2.75) is 18.3 Å². The third kappa shape index (κ3) is 3.52. The second-order valence-corrected chi connectivity index (χ2v) is 7.86. The van der Waals surface area contributed by atoms with E-state index in [4.69, 9.17) is 4.74 Å². The van der Waals surface area contributed by atoms with Crippen molar-refractivity contribution in [3.8, 4) is 0 Å². The van der Waals surface area contributed by atoms with Gasteiger partial charge < -0.3 is 9.84 Å². The van der Waals surface area contributed by atoms with E-state index < -0.39 is 26.4 Å². The van der Waals surface area contributed by atoms with E-state index in [0.717, 1.165) is 0 Å². The number of ether oxygens (including phenoxy) is 1. The number of fused-ring (bicyclic) bond motifs is 1. The predicted octanol–water partition coefficient (Wildman–Crippen LogP) is 3.35. The molecule has 1 aliphatic rings. The summed E-state index contributed by atoms with van der Waals surface area (Å²) in [5.74, 6) is -1.21. The second kappa shape index (κ2) is 7.13. The molecule has 0 bridgehead atoms. The molecule has 3 rings (SSSR count). The lowest BCUT2D eigenvalue weighted by atomic mass is 9.92. The highest BCUT2D eigenvalue weighted by molar-refractivity contribution is 8.05. The minimum atomic E-state index is -4.38. The quantitative estimate of drug-likeness (QED) is 0.827. The number of hydrogen-bond acceptors (Lipinski definition) is 5. The van der Waals surface area contributed by atoms with Gasteiger partial charge in [-0.15, -0.1) is 0 Å². The predicted molar refractivity (Wildman–Crippen MR) is 95.0 cm³/mol. The highest BCUT2D eigenvalue weighted by atomic mass is 32.2. The molecule has 0 saturated heterocycles. The van der Waals surface area contributed by atoms with Crippen molar-refractivity contribution in [3.05, 3.63) is 76.9 Å². The first-order valence-corrected chi connectivity index (χ1v) is 9.41. The minimum Gasteiger partial charge on any atom is -0.478 e. The molecule has 134 valence electrons. The normalized spacial score (nSPS) is 16.3. The minimum absolute atomic E-state index is 0.0619. The van der Waals surface area contributed by atoms with Crippen LogP contribution in [-0.4, -0.2) is 24.8 Å². The molecule has 2 aromatic rings. The summed E-state index contributed by atoms with van der Waals surface area (Å²) in [6.45, 7) is -0.172. The van der Waals surface area contributed by atoms with Gasteiger partial charge >= 0.3 is 11.3 Å². The molecular formula is C19H16O6S. The molecular weight excluding hydrogens is 356 g/mol. The third-order valence-corrected chi connectivity index (χ3v) is 5.91. The summed E-state index contributed by atoms with van der Waals surface area (Å²) in [6, 6.07) is 15.2. The molecule has 0 aliphatic heterocycles. The fourth-order valence-electron chi connectivity index (χ4n) is 2.83. The summed E-state index contributed by atoms with van der Waals surface area (Å²) < 4.78 is 30.4. The number of aliphatic carboxylic acids is 1. The summed E-state index contributed by atoms with van der Waals surface area (Å²) in [5, 5.41) is 6.63. The van der Waals surface area contributed by atoms with E-state index in [9.17, 15) is 23.1 Å². The molecule has 0 amide bonds. The molecule has 0 heterocycles. The zero-order valence-corrected chi connectivity index (χ0v) is 14.5. The first-order valence-electron chi connectivity index (χ1n) is 7.87. The van der Waals surface area contributed by atoms with Crippen LogP contribution in [0.15, 0.2) is 60.2 Å². The Bertz CT molecular complexity index is 976. The van der Waals surface area contributed by atoms with Crippen LogP contribution in [0.3, 0.4) is 0 Å². The molecule has 1 aliphatic carbocycles. The van der Waals surface area contributed by atoms with Crippen molar-refractivity contribution >= 4 is 27.2 Å². The van der Waals surface area contributed by atoms with Gasteiger partial charge in [-0.1, -0.05) is 54.6 Å².